The summed E-state index contributed by atoms with van der Waals surface area (Å²) in [5.41, 5.74) is 1.95. The lowest BCUT2D eigenvalue weighted by atomic mass is 9.96. The number of benzene rings is 1. The Hall–Kier alpha value is -3.67. The van der Waals surface area contributed by atoms with Gasteiger partial charge in [-0.2, -0.15) is 4.98 Å². The van der Waals surface area contributed by atoms with Gasteiger partial charge in [0.2, 0.25) is 12.2 Å². The molecule has 1 amide bonds. The molecule has 3 rings (SSSR count). The minimum atomic E-state index is -1.31. The molecule has 0 aliphatic carbocycles. The van der Waals surface area contributed by atoms with Gasteiger partial charge in [0, 0.05) is 27.7 Å². The van der Waals surface area contributed by atoms with E-state index in [4.69, 9.17) is 28.1 Å². The lowest BCUT2D eigenvalue weighted by Crippen LogP contribution is -2.67. The summed E-state index contributed by atoms with van der Waals surface area (Å²) < 4.78 is 33.1. The van der Waals surface area contributed by atoms with E-state index in [9.17, 15) is 19.2 Å². The summed E-state index contributed by atoms with van der Waals surface area (Å²) in [6.45, 7) is 6.31. The summed E-state index contributed by atoms with van der Waals surface area (Å²) in [4.78, 5) is 51.3. The number of aryl methyl sites for hydroxylation is 1. The third kappa shape index (κ3) is 6.22. The fourth-order valence-corrected chi connectivity index (χ4v) is 3.56. The van der Waals surface area contributed by atoms with E-state index in [2.05, 4.69) is 10.3 Å². The second-order valence-electron chi connectivity index (χ2n) is 7.79. The molecular formula is C22H26N2O10. The number of nitrogens with zero attached hydrogens (tertiary/aromatic N) is 1. The van der Waals surface area contributed by atoms with E-state index in [0.717, 1.165) is 19.4 Å². The van der Waals surface area contributed by atoms with Gasteiger partial charge < -0.3 is 33.4 Å². The van der Waals surface area contributed by atoms with Crippen molar-refractivity contribution in [3.05, 3.63) is 23.8 Å². The molecule has 12 heteroatoms. The number of hydrogen-bond acceptors (Lipinski definition) is 11. The van der Waals surface area contributed by atoms with Crippen LogP contribution in [-0.4, -0.2) is 66.0 Å². The van der Waals surface area contributed by atoms with Crippen LogP contribution < -0.4 is 10.1 Å². The molecular weight excluding hydrogens is 452 g/mol. The van der Waals surface area contributed by atoms with Crippen molar-refractivity contribution in [2.24, 2.45) is 0 Å². The predicted molar refractivity (Wildman–Crippen MR) is 113 cm³/mol. The fraction of sp³-hybridized carbons (Fsp3) is 0.500. The predicted octanol–water partition coefficient (Wildman–Crippen LogP) is 1.17. The number of rotatable bonds is 7. The molecule has 1 aliphatic rings. The smallest absolute Gasteiger partial charge is 0.397 e. The Labute approximate surface area is 194 Å². The van der Waals surface area contributed by atoms with Crippen molar-refractivity contribution in [1.29, 1.82) is 0 Å². The van der Waals surface area contributed by atoms with Crippen LogP contribution in [0.5, 0.6) is 6.08 Å². The third-order valence-electron chi connectivity index (χ3n) is 4.81. The van der Waals surface area contributed by atoms with Gasteiger partial charge in [-0.3, -0.25) is 19.2 Å². The Bertz CT molecular complexity index is 1080. The van der Waals surface area contributed by atoms with Crippen LogP contribution in [0.4, 0.5) is 0 Å². The van der Waals surface area contributed by atoms with Gasteiger partial charge in [-0.25, -0.2) is 0 Å². The molecule has 34 heavy (non-hydrogen) atoms. The van der Waals surface area contributed by atoms with Crippen LogP contribution in [0.3, 0.4) is 0 Å². The molecule has 1 aromatic heterocycles. The molecule has 0 saturated carbocycles. The van der Waals surface area contributed by atoms with E-state index >= 15 is 0 Å². The molecule has 0 radical (unpaired) electrons. The summed E-state index contributed by atoms with van der Waals surface area (Å²) >= 11 is 0. The normalized spacial score (nSPS) is 24.2. The van der Waals surface area contributed by atoms with Crippen molar-refractivity contribution in [2.75, 3.05) is 6.61 Å². The maximum atomic E-state index is 12.0. The number of aromatic nitrogens is 1. The van der Waals surface area contributed by atoms with Crippen LogP contribution in [0.15, 0.2) is 22.6 Å². The Morgan fingerprint density at radius 1 is 1.00 bits per heavy atom. The highest BCUT2D eigenvalue weighted by molar-refractivity contribution is 5.74. The molecule has 1 aromatic carbocycles. The molecule has 1 aliphatic heterocycles. The molecule has 5 atom stereocenters. The van der Waals surface area contributed by atoms with Crippen molar-refractivity contribution in [3.8, 4) is 6.08 Å². The topological polar surface area (TPSA) is 152 Å². The van der Waals surface area contributed by atoms with Crippen molar-refractivity contribution in [3.63, 3.8) is 0 Å². The summed E-state index contributed by atoms with van der Waals surface area (Å²) in [5.74, 6) is -2.51. The van der Waals surface area contributed by atoms with Crippen molar-refractivity contribution in [1.82, 2.24) is 10.3 Å². The Kier molecular flexibility index (Phi) is 7.72. The summed E-state index contributed by atoms with van der Waals surface area (Å²) in [5, 5.41) is 2.60. The lowest BCUT2D eigenvalue weighted by Gasteiger charge is -2.44. The first-order chi connectivity index (χ1) is 16.0. The fourth-order valence-electron chi connectivity index (χ4n) is 3.56. The number of hydrogen-bond donors (Lipinski definition) is 1. The SMILES string of the molecule is CC(=O)N[C@H]1[C@H](Oc2nc3cc(C)ccc3o2)O[C@@H](COC(C)=O)[C@@H](OC(C)=O)[C@H]1OC(C)=O. The molecule has 0 bridgehead atoms. The van der Waals surface area contributed by atoms with Crippen LogP contribution in [0, 0.1) is 6.92 Å². The van der Waals surface area contributed by atoms with Gasteiger partial charge in [-0.15, -0.1) is 0 Å². The number of carbonyl (C=O) groups excluding carboxylic acids is 4. The highest BCUT2D eigenvalue weighted by Gasteiger charge is 2.52. The minimum Gasteiger partial charge on any atom is -0.463 e. The average molecular weight is 478 g/mol. The van der Waals surface area contributed by atoms with Crippen molar-refractivity contribution < 1.29 is 47.3 Å². The zero-order chi connectivity index (χ0) is 25.0. The van der Waals surface area contributed by atoms with E-state index in [1.165, 1.54) is 13.8 Å². The zero-order valence-corrected chi connectivity index (χ0v) is 19.4. The lowest BCUT2D eigenvalue weighted by molar-refractivity contribution is -0.259. The zero-order valence-electron chi connectivity index (χ0n) is 19.4. The largest absolute Gasteiger partial charge is 0.463 e. The number of nitrogens with one attached hydrogen (secondary N) is 1. The third-order valence-corrected chi connectivity index (χ3v) is 4.81. The second kappa shape index (κ2) is 10.5. The summed E-state index contributed by atoms with van der Waals surface area (Å²) in [6, 6.07) is 4.22. The van der Waals surface area contributed by atoms with Gasteiger partial charge in [-0.1, -0.05) is 6.07 Å². The van der Waals surface area contributed by atoms with Crippen LogP contribution in [0.2, 0.25) is 0 Å². The van der Waals surface area contributed by atoms with Gasteiger partial charge in [0.05, 0.1) is 0 Å². The van der Waals surface area contributed by atoms with Gasteiger partial charge in [0.15, 0.2) is 17.8 Å². The standard InChI is InChI=1S/C22H26N2O10/c1-10-6-7-16-15(8-10)24-22(33-16)34-21-18(23-11(2)25)20(31-14(5)28)19(30-13(4)27)17(32-21)9-29-12(3)26/h6-8,17-21H,9H2,1-5H3,(H,23,25)/t17-,18+,19+,20-,21-/m0/s1. The Balaban J connectivity index is 1.98. The van der Waals surface area contributed by atoms with E-state index in [0.29, 0.717) is 11.1 Å². The van der Waals surface area contributed by atoms with Crippen LogP contribution in [0.25, 0.3) is 11.1 Å². The van der Waals surface area contributed by atoms with Gasteiger partial charge in [0.25, 0.3) is 0 Å². The van der Waals surface area contributed by atoms with Crippen molar-refractivity contribution in [2.45, 2.75) is 65.3 Å². The van der Waals surface area contributed by atoms with E-state index < -0.39 is 54.5 Å². The number of fused-ring (bicyclic) bond motifs is 1. The molecule has 0 spiro atoms. The quantitative estimate of drug-likeness (QED) is 0.451. The maximum Gasteiger partial charge on any atom is 0.397 e. The number of esters is 3. The molecule has 12 nitrogen and oxygen atoms in total. The minimum absolute atomic E-state index is 0.167. The monoisotopic (exact) mass is 478 g/mol. The van der Waals surface area contributed by atoms with Crippen LogP contribution in [0.1, 0.15) is 33.3 Å². The Morgan fingerprint density at radius 3 is 2.29 bits per heavy atom. The summed E-state index contributed by atoms with van der Waals surface area (Å²) in [6.07, 6.45) is -5.03. The maximum absolute atomic E-state index is 12.0. The molecule has 1 N–H and O–H groups in total. The first kappa shape index (κ1) is 25.0. The summed E-state index contributed by atoms with van der Waals surface area (Å²) in [7, 11) is 0. The van der Waals surface area contributed by atoms with E-state index in [1.54, 1.807) is 12.1 Å². The number of ether oxygens (including phenoxy) is 5. The van der Waals surface area contributed by atoms with E-state index in [1.807, 2.05) is 13.0 Å². The number of oxazole rings is 1. The highest BCUT2D eigenvalue weighted by Crippen LogP contribution is 2.30. The first-order valence-corrected chi connectivity index (χ1v) is 10.5. The molecule has 1 fully saturated rings. The van der Waals surface area contributed by atoms with Crippen LogP contribution in [-0.2, 0) is 38.1 Å². The molecule has 184 valence electrons. The van der Waals surface area contributed by atoms with Gasteiger partial charge in [0.1, 0.15) is 24.3 Å². The average Bonchev–Trinajstić information content (AvgIpc) is 3.11. The number of amides is 1. The van der Waals surface area contributed by atoms with Gasteiger partial charge in [-0.05, 0) is 24.6 Å². The number of carbonyl (C=O) groups is 4. The second-order valence-corrected chi connectivity index (χ2v) is 7.79. The van der Waals surface area contributed by atoms with E-state index in [-0.39, 0.29) is 12.7 Å². The Morgan fingerprint density at radius 2 is 1.68 bits per heavy atom. The highest BCUT2D eigenvalue weighted by atomic mass is 16.7. The molecule has 2 aromatic rings. The molecule has 2 heterocycles. The molecule has 0 unspecified atom stereocenters. The first-order valence-electron chi connectivity index (χ1n) is 10.5. The van der Waals surface area contributed by atoms with Gasteiger partial charge >= 0.3 is 24.0 Å². The van der Waals surface area contributed by atoms with Crippen molar-refractivity contribution >= 4 is 34.9 Å². The van der Waals surface area contributed by atoms with Crippen LogP contribution >= 0.6 is 0 Å². The molecule has 1 saturated heterocycles.